The van der Waals surface area contributed by atoms with Gasteiger partial charge < -0.3 is 4.74 Å². The van der Waals surface area contributed by atoms with Gasteiger partial charge in [0.15, 0.2) is 5.82 Å². The van der Waals surface area contributed by atoms with Crippen molar-refractivity contribution in [2.24, 2.45) is 0 Å². The second-order valence-electron chi connectivity index (χ2n) is 2.49. The Morgan fingerprint density at radius 1 is 1.60 bits per heavy atom. The number of carbonyl (C=O) groups is 1. The van der Waals surface area contributed by atoms with Gasteiger partial charge in [-0.2, -0.15) is 0 Å². The topological polar surface area (TPSA) is 39.2 Å². The van der Waals surface area contributed by atoms with E-state index in [0.29, 0.717) is 6.20 Å². The molecule has 0 saturated carbocycles. The van der Waals surface area contributed by atoms with Gasteiger partial charge in [0, 0.05) is 6.20 Å². The average molecular weight is 284 g/mol. The summed E-state index contributed by atoms with van der Waals surface area (Å²) in [7, 11) is 1.02. The number of rotatable bonds is 2. The van der Waals surface area contributed by atoms with Crippen LogP contribution < -0.4 is 0 Å². The summed E-state index contributed by atoms with van der Waals surface area (Å²) in [4.78, 5) is 14.5. The Bertz CT molecular complexity index is 398. The summed E-state index contributed by atoms with van der Waals surface area (Å²) >= 11 is 2.77. The van der Waals surface area contributed by atoms with E-state index in [1.54, 1.807) is 0 Å². The minimum absolute atomic E-state index is 0.170. The van der Waals surface area contributed by atoms with E-state index in [2.05, 4.69) is 25.7 Å². The van der Waals surface area contributed by atoms with Crippen molar-refractivity contribution in [3.63, 3.8) is 0 Å². The molecule has 7 heteroatoms. The van der Waals surface area contributed by atoms with Crippen LogP contribution in [0.4, 0.5) is 13.2 Å². The number of hydrogen-bond donors (Lipinski definition) is 0. The molecule has 15 heavy (non-hydrogen) atoms. The lowest BCUT2D eigenvalue weighted by atomic mass is 10.2. The molecule has 1 heterocycles. The molecule has 0 spiro atoms. The number of carbonyl (C=O) groups excluding carboxylic acids is 1. The predicted octanol–water partition coefficient (Wildman–Crippen LogP) is 2.71. The van der Waals surface area contributed by atoms with Crippen molar-refractivity contribution in [1.29, 1.82) is 0 Å². The Balaban J connectivity index is 3.36. The van der Waals surface area contributed by atoms with E-state index < -0.39 is 29.3 Å². The molecule has 1 rings (SSSR count). The first-order valence-corrected chi connectivity index (χ1v) is 4.48. The summed E-state index contributed by atoms with van der Waals surface area (Å²) in [6.07, 6.45) is -2.37. The predicted molar refractivity (Wildman–Crippen MR) is 48.2 cm³/mol. The fraction of sp³-hybridized carbons (Fsp3) is 0.250. The quantitative estimate of drug-likeness (QED) is 0.619. The smallest absolute Gasteiger partial charge is 0.343 e. The van der Waals surface area contributed by atoms with E-state index in [1.165, 1.54) is 0 Å². The monoisotopic (exact) mass is 283 g/mol. The van der Waals surface area contributed by atoms with Crippen molar-refractivity contribution in [2.75, 3.05) is 7.11 Å². The molecular formula is C8H5BrF3NO2. The van der Waals surface area contributed by atoms with Crippen LogP contribution in [0, 0.1) is 5.82 Å². The summed E-state index contributed by atoms with van der Waals surface area (Å²) in [6, 6.07) is 0. The number of alkyl halides is 2. The molecule has 3 nitrogen and oxygen atoms in total. The van der Waals surface area contributed by atoms with Crippen LogP contribution in [0.2, 0.25) is 0 Å². The summed E-state index contributed by atoms with van der Waals surface area (Å²) in [5, 5.41) is 0. The Labute approximate surface area is 91.4 Å². The van der Waals surface area contributed by atoms with Crippen LogP contribution in [0.1, 0.15) is 22.3 Å². The van der Waals surface area contributed by atoms with Gasteiger partial charge in [0.05, 0.1) is 12.7 Å². The summed E-state index contributed by atoms with van der Waals surface area (Å²) in [5.74, 6) is -2.38. The Hall–Kier alpha value is -1.11. The number of nitrogens with zero attached hydrogens (tertiary/aromatic N) is 1. The zero-order valence-corrected chi connectivity index (χ0v) is 9.02. The highest BCUT2D eigenvalue weighted by Crippen LogP contribution is 2.27. The third-order valence-corrected chi connectivity index (χ3v) is 2.22. The van der Waals surface area contributed by atoms with Gasteiger partial charge in [-0.05, 0) is 15.9 Å². The molecule has 0 fully saturated rings. The SMILES string of the molecule is COC(=O)c1c(Br)ncc(C(F)F)c1F. The molecule has 0 radical (unpaired) electrons. The maximum absolute atomic E-state index is 13.4. The van der Waals surface area contributed by atoms with Crippen LogP contribution >= 0.6 is 15.9 Å². The van der Waals surface area contributed by atoms with Crippen molar-refractivity contribution in [1.82, 2.24) is 4.98 Å². The van der Waals surface area contributed by atoms with Gasteiger partial charge in [0.25, 0.3) is 6.43 Å². The molecular weight excluding hydrogens is 279 g/mol. The second kappa shape index (κ2) is 4.61. The van der Waals surface area contributed by atoms with E-state index in [-0.39, 0.29) is 4.60 Å². The molecule has 0 aliphatic rings. The zero-order valence-electron chi connectivity index (χ0n) is 7.43. The van der Waals surface area contributed by atoms with Crippen molar-refractivity contribution < 1.29 is 22.7 Å². The van der Waals surface area contributed by atoms with E-state index in [1.807, 2.05) is 0 Å². The van der Waals surface area contributed by atoms with Gasteiger partial charge in [-0.15, -0.1) is 0 Å². The lowest BCUT2D eigenvalue weighted by molar-refractivity contribution is 0.0592. The van der Waals surface area contributed by atoms with Gasteiger partial charge in [-0.3, -0.25) is 0 Å². The zero-order chi connectivity index (χ0) is 11.6. The molecule has 0 aliphatic heterocycles. The van der Waals surface area contributed by atoms with E-state index >= 15 is 0 Å². The van der Waals surface area contributed by atoms with E-state index in [9.17, 15) is 18.0 Å². The van der Waals surface area contributed by atoms with Crippen LogP contribution in [-0.2, 0) is 4.74 Å². The van der Waals surface area contributed by atoms with E-state index in [0.717, 1.165) is 7.11 Å². The normalized spacial score (nSPS) is 10.5. The van der Waals surface area contributed by atoms with Gasteiger partial charge in [-0.1, -0.05) is 0 Å². The molecule has 82 valence electrons. The highest BCUT2D eigenvalue weighted by atomic mass is 79.9. The minimum atomic E-state index is -3.03. The number of esters is 1. The van der Waals surface area contributed by atoms with Crippen molar-refractivity contribution in [2.45, 2.75) is 6.43 Å². The summed E-state index contributed by atoms with van der Waals surface area (Å²) in [5.41, 5.74) is -1.56. The maximum atomic E-state index is 13.4. The number of pyridine rings is 1. The molecule has 1 aromatic heterocycles. The number of halogens is 4. The largest absolute Gasteiger partial charge is 0.465 e. The standard InChI is InChI=1S/C8H5BrF3NO2/c1-15-8(14)4-5(10)3(7(11)12)2-13-6(4)9/h2,7H,1H3. The van der Waals surface area contributed by atoms with Gasteiger partial charge in [-0.25, -0.2) is 22.9 Å². The lowest BCUT2D eigenvalue weighted by Gasteiger charge is -2.07. The highest BCUT2D eigenvalue weighted by Gasteiger charge is 2.24. The second-order valence-corrected chi connectivity index (χ2v) is 3.24. The number of ether oxygens (including phenoxy) is 1. The van der Waals surface area contributed by atoms with Crippen molar-refractivity contribution in [3.05, 3.63) is 27.7 Å². The number of aromatic nitrogens is 1. The number of methoxy groups -OCH3 is 1. The Morgan fingerprint density at radius 2 is 2.20 bits per heavy atom. The molecule has 0 N–H and O–H groups in total. The molecule has 0 unspecified atom stereocenters. The Kier molecular flexibility index (Phi) is 3.67. The molecule has 0 amide bonds. The molecule has 0 aliphatic carbocycles. The fourth-order valence-electron chi connectivity index (χ4n) is 0.910. The molecule has 0 bridgehead atoms. The van der Waals surface area contributed by atoms with E-state index in [4.69, 9.17) is 0 Å². The van der Waals surface area contributed by atoms with Gasteiger partial charge in [0.2, 0.25) is 0 Å². The molecule has 1 aromatic rings. The summed E-state index contributed by atoms with van der Waals surface area (Å²) in [6.45, 7) is 0. The lowest BCUT2D eigenvalue weighted by Crippen LogP contribution is -2.09. The molecule has 0 atom stereocenters. The Morgan fingerprint density at radius 3 is 2.67 bits per heavy atom. The van der Waals surface area contributed by atoms with Gasteiger partial charge >= 0.3 is 5.97 Å². The average Bonchev–Trinajstić information content (AvgIpc) is 2.16. The summed E-state index contributed by atoms with van der Waals surface area (Å²) < 4.78 is 42.0. The fourth-order valence-corrected chi connectivity index (χ4v) is 1.35. The molecule has 0 aromatic carbocycles. The minimum Gasteiger partial charge on any atom is -0.465 e. The third kappa shape index (κ3) is 2.28. The first-order valence-electron chi connectivity index (χ1n) is 3.69. The van der Waals surface area contributed by atoms with Crippen molar-refractivity contribution in [3.8, 4) is 0 Å². The molecule has 0 saturated heterocycles. The third-order valence-electron chi connectivity index (χ3n) is 1.62. The van der Waals surface area contributed by atoms with Crippen LogP contribution in [0.15, 0.2) is 10.8 Å². The first kappa shape index (κ1) is 12.0. The first-order chi connectivity index (χ1) is 6.99. The maximum Gasteiger partial charge on any atom is 0.343 e. The van der Waals surface area contributed by atoms with Crippen molar-refractivity contribution >= 4 is 21.9 Å². The van der Waals surface area contributed by atoms with Crippen LogP contribution in [-0.4, -0.2) is 18.1 Å². The van der Waals surface area contributed by atoms with Crippen LogP contribution in [0.3, 0.4) is 0 Å². The highest BCUT2D eigenvalue weighted by molar-refractivity contribution is 9.10. The van der Waals surface area contributed by atoms with Gasteiger partial charge in [0.1, 0.15) is 10.2 Å². The van der Waals surface area contributed by atoms with Crippen LogP contribution in [0.25, 0.3) is 0 Å². The number of hydrogen-bond acceptors (Lipinski definition) is 3. The van der Waals surface area contributed by atoms with Crippen LogP contribution in [0.5, 0.6) is 0 Å².